The van der Waals surface area contributed by atoms with Gasteiger partial charge in [0.2, 0.25) is 0 Å². The molecule has 7 heteroatoms. The van der Waals surface area contributed by atoms with E-state index in [2.05, 4.69) is 6.58 Å². The highest BCUT2D eigenvalue weighted by Gasteiger charge is 2.22. The molecule has 0 saturated heterocycles. The predicted molar refractivity (Wildman–Crippen MR) is 122 cm³/mol. The van der Waals surface area contributed by atoms with Crippen molar-refractivity contribution in [2.75, 3.05) is 14.2 Å². The molecule has 0 aliphatic carbocycles. The van der Waals surface area contributed by atoms with Gasteiger partial charge in [-0.2, -0.15) is 0 Å². The van der Waals surface area contributed by atoms with Gasteiger partial charge >= 0.3 is 5.97 Å². The summed E-state index contributed by atoms with van der Waals surface area (Å²) in [5, 5.41) is 0.730. The maximum atomic E-state index is 12.7. The molecule has 0 fully saturated rings. The van der Waals surface area contributed by atoms with Gasteiger partial charge in [0.15, 0.2) is 11.5 Å². The van der Waals surface area contributed by atoms with Gasteiger partial charge in [-0.1, -0.05) is 54.0 Å². The van der Waals surface area contributed by atoms with Gasteiger partial charge in [-0.15, -0.1) is 0 Å². The van der Waals surface area contributed by atoms with Gasteiger partial charge in [0, 0.05) is 22.0 Å². The Morgan fingerprint density at radius 3 is 2.39 bits per heavy atom. The van der Waals surface area contributed by atoms with Crippen LogP contribution in [-0.4, -0.2) is 26.5 Å². The maximum absolute atomic E-state index is 12.7. The average molecular weight is 463 g/mol. The lowest BCUT2D eigenvalue weighted by molar-refractivity contribution is -0.148. The highest BCUT2D eigenvalue weighted by molar-refractivity contribution is 6.35. The van der Waals surface area contributed by atoms with Crippen LogP contribution in [-0.2, 0) is 16.0 Å². The SMILES string of the molecule is C=C(Cl)/C(C[C@H](OC(=O)Cc1cccc(C=O)c1)c1ccc(OC)c(OC)c1)=C(\C)Cl. The second-order valence-corrected chi connectivity index (χ2v) is 7.78. The molecule has 0 aliphatic rings. The summed E-state index contributed by atoms with van der Waals surface area (Å²) in [6.45, 7) is 5.45. The smallest absolute Gasteiger partial charge is 0.310 e. The molecule has 1 atom stereocenters. The molecule has 2 aromatic rings. The number of esters is 1. The van der Waals surface area contributed by atoms with E-state index in [4.69, 9.17) is 37.4 Å². The summed E-state index contributed by atoms with van der Waals surface area (Å²) in [5.74, 6) is 0.584. The molecule has 2 aromatic carbocycles. The summed E-state index contributed by atoms with van der Waals surface area (Å²) >= 11 is 12.3. The largest absolute Gasteiger partial charge is 0.493 e. The highest BCUT2D eigenvalue weighted by atomic mass is 35.5. The van der Waals surface area contributed by atoms with Crippen molar-refractivity contribution in [2.45, 2.75) is 25.9 Å². The number of allylic oxidation sites excluding steroid dienone is 2. The Hall–Kier alpha value is -2.76. The van der Waals surface area contributed by atoms with E-state index in [-0.39, 0.29) is 17.9 Å². The zero-order valence-corrected chi connectivity index (χ0v) is 19.1. The summed E-state index contributed by atoms with van der Waals surface area (Å²) in [4.78, 5) is 23.7. The summed E-state index contributed by atoms with van der Waals surface area (Å²) in [6, 6.07) is 12.0. The van der Waals surface area contributed by atoms with Crippen LogP contribution in [0.15, 0.2) is 64.7 Å². The number of carbonyl (C=O) groups excluding carboxylic acids is 2. The first-order chi connectivity index (χ1) is 14.8. The van der Waals surface area contributed by atoms with Crippen molar-refractivity contribution in [3.05, 3.63) is 81.4 Å². The number of hydrogen-bond acceptors (Lipinski definition) is 5. The molecule has 0 bridgehead atoms. The molecule has 0 aromatic heterocycles. The Balaban J connectivity index is 2.35. The van der Waals surface area contributed by atoms with Crippen LogP contribution in [0.4, 0.5) is 0 Å². The second-order valence-electron chi connectivity index (χ2n) is 6.75. The number of rotatable bonds is 10. The van der Waals surface area contributed by atoms with E-state index < -0.39 is 12.1 Å². The number of ether oxygens (including phenoxy) is 3. The molecule has 0 heterocycles. The molecule has 0 N–H and O–H groups in total. The molecule has 0 saturated carbocycles. The molecule has 0 aliphatic heterocycles. The van der Waals surface area contributed by atoms with Crippen molar-refractivity contribution in [1.29, 1.82) is 0 Å². The van der Waals surface area contributed by atoms with E-state index in [0.29, 0.717) is 38.8 Å². The second kappa shape index (κ2) is 11.6. The lowest BCUT2D eigenvalue weighted by Crippen LogP contribution is -2.15. The zero-order chi connectivity index (χ0) is 23.0. The van der Waals surface area contributed by atoms with Crippen LogP contribution in [0.25, 0.3) is 0 Å². The fourth-order valence-electron chi connectivity index (χ4n) is 3.05. The Kier molecular flexibility index (Phi) is 9.16. The summed E-state index contributed by atoms with van der Waals surface area (Å²) in [7, 11) is 3.06. The van der Waals surface area contributed by atoms with E-state index in [1.54, 1.807) is 49.4 Å². The highest BCUT2D eigenvalue weighted by Crippen LogP contribution is 2.36. The standard InChI is InChI=1S/C24H24Cl2O5/c1-15(25)20(16(2)26)13-22(19-8-9-21(29-3)23(12-19)30-4)31-24(28)11-17-6-5-7-18(10-17)14-27/h5-10,12,14,22H,1,11,13H2,2-4H3/b20-16+/t22-/m0/s1. The molecule has 164 valence electrons. The predicted octanol–water partition coefficient (Wildman–Crippen LogP) is 6.00. The Morgan fingerprint density at radius 2 is 1.81 bits per heavy atom. The lowest BCUT2D eigenvalue weighted by Gasteiger charge is -2.21. The average Bonchev–Trinajstić information content (AvgIpc) is 2.75. The normalized spacial score (nSPS) is 12.4. The van der Waals surface area contributed by atoms with Crippen LogP contribution in [0.1, 0.15) is 40.9 Å². The van der Waals surface area contributed by atoms with E-state index in [9.17, 15) is 9.59 Å². The van der Waals surface area contributed by atoms with Gasteiger partial charge in [0.25, 0.3) is 0 Å². The van der Waals surface area contributed by atoms with Crippen LogP contribution in [0.2, 0.25) is 0 Å². The van der Waals surface area contributed by atoms with Crippen molar-refractivity contribution in [1.82, 2.24) is 0 Å². The number of aldehydes is 1. The van der Waals surface area contributed by atoms with Crippen molar-refractivity contribution in [2.24, 2.45) is 0 Å². The molecular formula is C24H24Cl2O5. The van der Waals surface area contributed by atoms with E-state index in [1.807, 2.05) is 0 Å². The molecule has 31 heavy (non-hydrogen) atoms. The fraction of sp³-hybridized carbons (Fsp3) is 0.250. The van der Waals surface area contributed by atoms with Gasteiger partial charge in [0.05, 0.1) is 20.6 Å². The van der Waals surface area contributed by atoms with Gasteiger partial charge in [0.1, 0.15) is 12.4 Å². The Labute approximate surface area is 192 Å². The van der Waals surface area contributed by atoms with Crippen LogP contribution >= 0.6 is 23.2 Å². The lowest BCUT2D eigenvalue weighted by atomic mass is 10.00. The maximum Gasteiger partial charge on any atom is 0.310 e. The summed E-state index contributed by atoms with van der Waals surface area (Å²) < 4.78 is 16.5. The first kappa shape index (κ1) is 24.5. The molecule has 0 amide bonds. The zero-order valence-electron chi connectivity index (χ0n) is 17.6. The number of hydrogen-bond donors (Lipinski definition) is 0. The molecular weight excluding hydrogens is 439 g/mol. The van der Waals surface area contributed by atoms with Gasteiger partial charge in [-0.3, -0.25) is 9.59 Å². The van der Waals surface area contributed by atoms with Gasteiger partial charge in [-0.25, -0.2) is 0 Å². The monoisotopic (exact) mass is 462 g/mol. The van der Waals surface area contributed by atoms with Crippen molar-refractivity contribution in [3.63, 3.8) is 0 Å². The van der Waals surface area contributed by atoms with Crippen molar-refractivity contribution < 1.29 is 23.8 Å². The molecule has 0 unspecified atom stereocenters. The Morgan fingerprint density at radius 1 is 1.10 bits per heavy atom. The third kappa shape index (κ3) is 6.88. The summed E-state index contributed by atoms with van der Waals surface area (Å²) in [6.07, 6.45) is 0.272. The van der Waals surface area contributed by atoms with E-state index in [0.717, 1.165) is 6.29 Å². The number of benzene rings is 2. The van der Waals surface area contributed by atoms with Gasteiger partial charge < -0.3 is 14.2 Å². The third-order valence-corrected chi connectivity index (χ3v) is 5.08. The number of carbonyl (C=O) groups is 2. The molecule has 0 spiro atoms. The number of halogens is 2. The van der Waals surface area contributed by atoms with Crippen molar-refractivity contribution in [3.8, 4) is 11.5 Å². The molecule has 5 nitrogen and oxygen atoms in total. The van der Waals surface area contributed by atoms with Crippen molar-refractivity contribution >= 4 is 35.5 Å². The molecule has 0 radical (unpaired) electrons. The van der Waals surface area contributed by atoms with Crippen LogP contribution in [0.5, 0.6) is 11.5 Å². The first-order valence-electron chi connectivity index (χ1n) is 9.44. The van der Waals surface area contributed by atoms with E-state index in [1.165, 1.54) is 14.2 Å². The molecule has 2 rings (SSSR count). The minimum absolute atomic E-state index is 0.00615. The van der Waals surface area contributed by atoms with Crippen LogP contribution in [0, 0.1) is 0 Å². The fourth-order valence-corrected chi connectivity index (χ4v) is 3.51. The minimum atomic E-state index is -0.694. The topological polar surface area (TPSA) is 61.8 Å². The summed E-state index contributed by atoms with van der Waals surface area (Å²) in [5.41, 5.74) is 2.43. The van der Waals surface area contributed by atoms with Gasteiger partial charge in [-0.05, 0) is 41.8 Å². The minimum Gasteiger partial charge on any atom is -0.493 e. The Bertz CT molecular complexity index is 993. The van der Waals surface area contributed by atoms with Crippen LogP contribution in [0.3, 0.4) is 0 Å². The number of methoxy groups -OCH3 is 2. The quantitative estimate of drug-likeness (QED) is 0.246. The van der Waals surface area contributed by atoms with Crippen LogP contribution < -0.4 is 9.47 Å². The third-order valence-electron chi connectivity index (χ3n) is 4.62. The van der Waals surface area contributed by atoms with E-state index >= 15 is 0 Å². The first-order valence-corrected chi connectivity index (χ1v) is 10.2.